The van der Waals surface area contributed by atoms with Crippen molar-refractivity contribution in [3.05, 3.63) is 22.7 Å². The van der Waals surface area contributed by atoms with Crippen molar-refractivity contribution in [2.24, 2.45) is 5.92 Å². The van der Waals surface area contributed by atoms with E-state index in [4.69, 9.17) is 21.1 Å². The molecule has 0 fully saturated rings. The predicted octanol–water partition coefficient (Wildman–Crippen LogP) is 2.77. The van der Waals surface area contributed by atoms with Crippen molar-refractivity contribution in [3.63, 3.8) is 0 Å². The van der Waals surface area contributed by atoms with Crippen molar-refractivity contribution in [2.45, 2.75) is 20.3 Å². The Morgan fingerprint density at radius 3 is 2.75 bits per heavy atom. The molecule has 0 aromatic heterocycles. The van der Waals surface area contributed by atoms with Crippen LogP contribution in [0.3, 0.4) is 0 Å². The molecule has 0 aliphatic carbocycles. The van der Waals surface area contributed by atoms with Crippen LogP contribution in [0.25, 0.3) is 0 Å². The minimum atomic E-state index is 0.0754. The van der Waals surface area contributed by atoms with Crippen LogP contribution in [0.15, 0.2) is 12.1 Å². The average Bonchev–Trinajstić information content (AvgIpc) is 2.38. The minimum absolute atomic E-state index is 0.0754. The summed E-state index contributed by atoms with van der Waals surface area (Å²) in [7, 11) is 1.82. The number of likely N-dealkylation sites (N-methyl/N-ethyl adjacent to an activating group) is 1. The van der Waals surface area contributed by atoms with Gasteiger partial charge in [0.2, 0.25) is 5.91 Å². The number of rotatable bonds is 4. The number of ether oxygens (including phenoxy) is 2. The van der Waals surface area contributed by atoms with Crippen LogP contribution in [0.5, 0.6) is 11.5 Å². The first kappa shape index (κ1) is 15.0. The van der Waals surface area contributed by atoms with Gasteiger partial charge >= 0.3 is 0 Å². The Hall–Kier alpha value is -1.42. The van der Waals surface area contributed by atoms with Crippen molar-refractivity contribution in [2.75, 3.05) is 26.8 Å². The van der Waals surface area contributed by atoms with Gasteiger partial charge in [-0.2, -0.15) is 0 Å². The standard InChI is InChI=1S/C15H20ClNO3/c1-10(2)9-17(3)14(18)8-11-6-12(16)15-13(7-11)19-4-5-20-15/h6-7,10H,4-5,8-9H2,1-3H3. The Morgan fingerprint density at radius 1 is 1.35 bits per heavy atom. The fourth-order valence-corrected chi connectivity index (χ4v) is 2.51. The van der Waals surface area contributed by atoms with Gasteiger partial charge in [-0.3, -0.25) is 4.79 Å². The van der Waals surface area contributed by atoms with Crippen molar-refractivity contribution < 1.29 is 14.3 Å². The van der Waals surface area contributed by atoms with Crippen molar-refractivity contribution in [1.82, 2.24) is 4.90 Å². The van der Waals surface area contributed by atoms with Crippen LogP contribution in [-0.4, -0.2) is 37.6 Å². The molecule has 1 heterocycles. The largest absolute Gasteiger partial charge is 0.486 e. The molecule has 0 N–H and O–H groups in total. The topological polar surface area (TPSA) is 38.8 Å². The van der Waals surface area contributed by atoms with Crippen molar-refractivity contribution in [3.8, 4) is 11.5 Å². The van der Waals surface area contributed by atoms with Gasteiger partial charge in [0, 0.05) is 13.6 Å². The first-order chi connectivity index (χ1) is 9.47. The molecule has 1 amide bonds. The summed E-state index contributed by atoms with van der Waals surface area (Å²) in [6, 6.07) is 3.61. The highest BCUT2D eigenvalue weighted by atomic mass is 35.5. The Balaban J connectivity index is 2.10. The zero-order valence-corrected chi connectivity index (χ0v) is 12.9. The lowest BCUT2D eigenvalue weighted by atomic mass is 10.1. The Bertz CT molecular complexity index is 502. The molecule has 1 aromatic carbocycles. The van der Waals surface area contributed by atoms with Crippen LogP contribution in [0.4, 0.5) is 0 Å². The molecular formula is C15H20ClNO3. The lowest BCUT2D eigenvalue weighted by molar-refractivity contribution is -0.129. The van der Waals surface area contributed by atoms with Crippen LogP contribution in [0, 0.1) is 5.92 Å². The van der Waals surface area contributed by atoms with Crippen LogP contribution in [-0.2, 0) is 11.2 Å². The number of benzene rings is 1. The Kier molecular flexibility index (Phi) is 4.76. The lowest BCUT2D eigenvalue weighted by Crippen LogP contribution is -2.31. The number of fused-ring (bicyclic) bond motifs is 1. The summed E-state index contributed by atoms with van der Waals surface area (Å²) < 4.78 is 11.0. The van der Waals surface area contributed by atoms with E-state index >= 15 is 0 Å². The van der Waals surface area contributed by atoms with Gasteiger partial charge in [-0.25, -0.2) is 0 Å². The normalized spacial score (nSPS) is 13.4. The molecule has 0 radical (unpaired) electrons. The zero-order chi connectivity index (χ0) is 14.7. The first-order valence-electron chi connectivity index (χ1n) is 6.79. The maximum absolute atomic E-state index is 12.1. The molecule has 1 aromatic rings. The number of hydrogen-bond donors (Lipinski definition) is 0. The third-order valence-corrected chi connectivity index (χ3v) is 3.36. The highest BCUT2D eigenvalue weighted by Crippen LogP contribution is 2.38. The molecule has 0 unspecified atom stereocenters. The summed E-state index contributed by atoms with van der Waals surface area (Å²) in [5, 5.41) is 0.497. The van der Waals surface area contributed by atoms with E-state index in [1.54, 1.807) is 11.0 Å². The summed E-state index contributed by atoms with van der Waals surface area (Å²) in [5.74, 6) is 1.72. The van der Waals surface area contributed by atoms with E-state index in [1.165, 1.54) is 0 Å². The third kappa shape index (κ3) is 3.57. The molecule has 0 bridgehead atoms. The van der Waals surface area contributed by atoms with E-state index in [0.29, 0.717) is 42.1 Å². The smallest absolute Gasteiger partial charge is 0.226 e. The van der Waals surface area contributed by atoms with Gasteiger partial charge in [-0.1, -0.05) is 25.4 Å². The number of amides is 1. The lowest BCUT2D eigenvalue weighted by Gasteiger charge is -2.22. The number of hydrogen-bond acceptors (Lipinski definition) is 3. The molecule has 0 spiro atoms. The fourth-order valence-electron chi connectivity index (χ4n) is 2.23. The molecule has 0 atom stereocenters. The van der Waals surface area contributed by atoms with Gasteiger partial charge in [0.05, 0.1) is 11.4 Å². The van der Waals surface area contributed by atoms with Gasteiger partial charge < -0.3 is 14.4 Å². The summed E-state index contributed by atoms with van der Waals surface area (Å²) in [4.78, 5) is 13.9. The van der Waals surface area contributed by atoms with Crippen LogP contribution < -0.4 is 9.47 Å². The van der Waals surface area contributed by atoms with Gasteiger partial charge in [0.15, 0.2) is 11.5 Å². The van der Waals surface area contributed by atoms with Gasteiger partial charge in [-0.15, -0.1) is 0 Å². The Morgan fingerprint density at radius 2 is 2.05 bits per heavy atom. The zero-order valence-electron chi connectivity index (χ0n) is 12.1. The molecule has 110 valence electrons. The molecular weight excluding hydrogens is 278 g/mol. The molecule has 4 nitrogen and oxygen atoms in total. The Labute approximate surface area is 124 Å². The average molecular weight is 298 g/mol. The number of halogens is 1. The van der Waals surface area contributed by atoms with Gasteiger partial charge in [0.25, 0.3) is 0 Å². The number of carbonyl (C=O) groups excluding carboxylic acids is 1. The van der Waals surface area contributed by atoms with Crippen molar-refractivity contribution in [1.29, 1.82) is 0 Å². The van der Waals surface area contributed by atoms with E-state index in [0.717, 1.165) is 12.1 Å². The van der Waals surface area contributed by atoms with E-state index in [1.807, 2.05) is 13.1 Å². The minimum Gasteiger partial charge on any atom is -0.486 e. The first-order valence-corrected chi connectivity index (χ1v) is 7.17. The third-order valence-electron chi connectivity index (χ3n) is 3.08. The summed E-state index contributed by atoms with van der Waals surface area (Å²) in [6.45, 7) is 5.93. The molecule has 1 aliphatic rings. The molecule has 20 heavy (non-hydrogen) atoms. The summed E-state index contributed by atoms with van der Waals surface area (Å²) >= 11 is 6.16. The van der Waals surface area contributed by atoms with Crippen LogP contribution in [0.1, 0.15) is 19.4 Å². The van der Waals surface area contributed by atoms with Crippen LogP contribution in [0.2, 0.25) is 5.02 Å². The molecule has 0 saturated heterocycles. The van der Waals surface area contributed by atoms with Gasteiger partial charge in [0.1, 0.15) is 13.2 Å². The number of carbonyl (C=O) groups is 1. The van der Waals surface area contributed by atoms with E-state index in [2.05, 4.69) is 13.8 Å². The number of nitrogens with zero attached hydrogens (tertiary/aromatic N) is 1. The highest BCUT2D eigenvalue weighted by molar-refractivity contribution is 6.32. The monoisotopic (exact) mass is 297 g/mol. The molecule has 2 rings (SSSR count). The maximum atomic E-state index is 12.1. The SMILES string of the molecule is CC(C)CN(C)C(=O)Cc1cc(Cl)c2c(c1)OCCO2. The van der Waals surface area contributed by atoms with E-state index in [9.17, 15) is 4.79 Å². The maximum Gasteiger partial charge on any atom is 0.226 e. The quantitative estimate of drug-likeness (QED) is 0.858. The fraction of sp³-hybridized carbons (Fsp3) is 0.533. The molecule has 5 heteroatoms. The summed E-state index contributed by atoms with van der Waals surface area (Å²) in [5.41, 5.74) is 0.847. The second-order valence-electron chi connectivity index (χ2n) is 5.45. The second-order valence-corrected chi connectivity index (χ2v) is 5.85. The summed E-state index contributed by atoms with van der Waals surface area (Å²) in [6.07, 6.45) is 0.319. The second kappa shape index (κ2) is 6.35. The van der Waals surface area contributed by atoms with Crippen molar-refractivity contribution >= 4 is 17.5 Å². The van der Waals surface area contributed by atoms with E-state index < -0.39 is 0 Å². The van der Waals surface area contributed by atoms with E-state index in [-0.39, 0.29) is 5.91 Å². The molecule has 0 saturated carbocycles. The predicted molar refractivity (Wildman–Crippen MR) is 78.6 cm³/mol. The highest BCUT2D eigenvalue weighted by Gasteiger charge is 2.18. The molecule has 1 aliphatic heterocycles. The van der Waals surface area contributed by atoms with Crippen LogP contribution >= 0.6 is 11.6 Å². The van der Waals surface area contributed by atoms with Gasteiger partial charge in [-0.05, 0) is 23.6 Å².